The smallest absolute Gasteiger partial charge is 0.239 e. The van der Waals surface area contributed by atoms with E-state index >= 15 is 0 Å². The fourth-order valence-electron chi connectivity index (χ4n) is 2.45. The van der Waals surface area contributed by atoms with Crippen LogP contribution in [0.25, 0.3) is 0 Å². The van der Waals surface area contributed by atoms with Crippen molar-refractivity contribution in [1.29, 1.82) is 0 Å². The molecule has 1 aromatic rings. The van der Waals surface area contributed by atoms with Gasteiger partial charge in [-0.25, -0.2) is 0 Å². The first-order chi connectivity index (χ1) is 9.09. The van der Waals surface area contributed by atoms with Gasteiger partial charge in [-0.2, -0.15) is 0 Å². The molecule has 1 aliphatic carbocycles. The zero-order valence-electron chi connectivity index (χ0n) is 11.9. The number of carbonyl (C=O) groups is 1. The van der Waals surface area contributed by atoms with Crippen molar-refractivity contribution in [2.75, 3.05) is 7.05 Å². The lowest BCUT2D eigenvalue weighted by atomic mass is 10.0. The van der Waals surface area contributed by atoms with Crippen LogP contribution in [-0.4, -0.2) is 29.9 Å². The molecule has 3 heteroatoms. The highest BCUT2D eigenvalue weighted by molar-refractivity contribution is 5.81. The first kappa shape index (κ1) is 14.1. The molecule has 104 valence electrons. The molecule has 0 spiro atoms. The van der Waals surface area contributed by atoms with Crippen molar-refractivity contribution in [3.63, 3.8) is 0 Å². The Kier molecular flexibility index (Phi) is 4.59. The van der Waals surface area contributed by atoms with Crippen LogP contribution in [0.1, 0.15) is 31.7 Å². The second-order valence-corrected chi connectivity index (χ2v) is 5.66. The number of hydrogen-bond donors (Lipinski definition) is 1. The van der Waals surface area contributed by atoms with Crippen molar-refractivity contribution >= 4 is 5.91 Å². The summed E-state index contributed by atoms with van der Waals surface area (Å²) in [5.74, 6) is 0.769. The Balaban J connectivity index is 1.81. The van der Waals surface area contributed by atoms with Crippen LogP contribution < -0.4 is 5.73 Å². The Morgan fingerprint density at radius 3 is 2.58 bits per heavy atom. The molecule has 1 aliphatic rings. The lowest BCUT2D eigenvalue weighted by Crippen LogP contribution is -2.46. The summed E-state index contributed by atoms with van der Waals surface area (Å²) in [6, 6.07) is 10.1. The van der Waals surface area contributed by atoms with Gasteiger partial charge >= 0.3 is 0 Å². The average Bonchev–Trinajstić information content (AvgIpc) is 3.28. The van der Waals surface area contributed by atoms with E-state index < -0.39 is 0 Å². The summed E-state index contributed by atoms with van der Waals surface area (Å²) in [6.07, 6.45) is 4.07. The summed E-state index contributed by atoms with van der Waals surface area (Å²) in [7, 11) is 1.88. The molecule has 0 saturated heterocycles. The zero-order valence-corrected chi connectivity index (χ0v) is 11.9. The summed E-state index contributed by atoms with van der Waals surface area (Å²) in [5, 5.41) is 0. The summed E-state index contributed by atoms with van der Waals surface area (Å²) in [4.78, 5) is 14.1. The normalized spacial score (nSPS) is 17.8. The fraction of sp³-hybridized carbons (Fsp3) is 0.562. The van der Waals surface area contributed by atoms with Crippen molar-refractivity contribution in [3.05, 3.63) is 35.9 Å². The van der Waals surface area contributed by atoms with Gasteiger partial charge in [-0.05, 0) is 44.1 Å². The highest BCUT2D eigenvalue weighted by atomic mass is 16.2. The van der Waals surface area contributed by atoms with Gasteiger partial charge in [0.25, 0.3) is 0 Å². The molecule has 0 bridgehead atoms. The molecule has 1 aromatic carbocycles. The Hall–Kier alpha value is -1.35. The quantitative estimate of drug-likeness (QED) is 0.852. The number of likely N-dealkylation sites (N-methyl/N-ethyl adjacent to an activating group) is 1. The van der Waals surface area contributed by atoms with Gasteiger partial charge in [0.05, 0.1) is 6.04 Å². The van der Waals surface area contributed by atoms with Gasteiger partial charge in [0, 0.05) is 13.1 Å². The molecule has 0 aromatic heterocycles. The SMILES string of the molecule is CC(C1CC1)N(C)C(=O)[C@@H](N)CCc1ccccc1. The Morgan fingerprint density at radius 2 is 2.00 bits per heavy atom. The van der Waals surface area contributed by atoms with E-state index in [9.17, 15) is 4.79 Å². The second kappa shape index (κ2) is 6.20. The number of benzene rings is 1. The van der Waals surface area contributed by atoms with Crippen LogP contribution in [0.2, 0.25) is 0 Å². The molecule has 1 saturated carbocycles. The van der Waals surface area contributed by atoms with E-state index in [-0.39, 0.29) is 11.9 Å². The second-order valence-electron chi connectivity index (χ2n) is 5.66. The first-order valence-corrected chi connectivity index (χ1v) is 7.15. The molecule has 1 amide bonds. The van der Waals surface area contributed by atoms with E-state index in [1.54, 1.807) is 0 Å². The largest absolute Gasteiger partial charge is 0.341 e. The number of hydrogen-bond acceptors (Lipinski definition) is 2. The van der Waals surface area contributed by atoms with Gasteiger partial charge in [-0.1, -0.05) is 30.3 Å². The van der Waals surface area contributed by atoms with Crippen LogP contribution in [-0.2, 0) is 11.2 Å². The summed E-state index contributed by atoms with van der Waals surface area (Å²) in [5.41, 5.74) is 7.27. The maximum Gasteiger partial charge on any atom is 0.239 e. The molecule has 0 aliphatic heterocycles. The third kappa shape index (κ3) is 3.80. The lowest BCUT2D eigenvalue weighted by Gasteiger charge is -2.27. The number of rotatable bonds is 6. The van der Waals surface area contributed by atoms with E-state index in [0.717, 1.165) is 6.42 Å². The topological polar surface area (TPSA) is 46.3 Å². The molecule has 19 heavy (non-hydrogen) atoms. The lowest BCUT2D eigenvalue weighted by molar-refractivity contribution is -0.133. The van der Waals surface area contributed by atoms with E-state index in [1.165, 1.54) is 18.4 Å². The van der Waals surface area contributed by atoms with E-state index in [0.29, 0.717) is 18.4 Å². The van der Waals surface area contributed by atoms with Gasteiger partial charge in [0.1, 0.15) is 0 Å². The summed E-state index contributed by atoms with van der Waals surface area (Å²) in [6.45, 7) is 2.12. The molecule has 2 rings (SSSR count). The van der Waals surface area contributed by atoms with Crippen molar-refractivity contribution in [1.82, 2.24) is 4.90 Å². The molecule has 2 atom stereocenters. The van der Waals surface area contributed by atoms with Crippen LogP contribution in [0.3, 0.4) is 0 Å². The standard InChI is InChI=1S/C16H24N2O/c1-12(14-9-10-14)18(2)16(19)15(17)11-8-13-6-4-3-5-7-13/h3-7,12,14-15H,8-11,17H2,1-2H3/t12?,15-/m0/s1. The Labute approximate surface area is 115 Å². The number of carbonyl (C=O) groups excluding carboxylic acids is 1. The first-order valence-electron chi connectivity index (χ1n) is 7.15. The molecular formula is C16H24N2O. The zero-order chi connectivity index (χ0) is 13.8. The van der Waals surface area contributed by atoms with E-state index in [4.69, 9.17) is 5.73 Å². The van der Waals surface area contributed by atoms with Crippen molar-refractivity contribution in [2.24, 2.45) is 11.7 Å². The van der Waals surface area contributed by atoms with Crippen LogP contribution in [0.5, 0.6) is 0 Å². The Morgan fingerprint density at radius 1 is 1.37 bits per heavy atom. The highest BCUT2D eigenvalue weighted by Crippen LogP contribution is 2.34. The maximum absolute atomic E-state index is 12.2. The van der Waals surface area contributed by atoms with E-state index in [1.807, 2.05) is 30.1 Å². The van der Waals surface area contributed by atoms with Crippen molar-refractivity contribution in [3.8, 4) is 0 Å². The number of aryl methyl sites for hydroxylation is 1. The van der Waals surface area contributed by atoms with Gasteiger partial charge in [0.2, 0.25) is 5.91 Å². The number of nitrogens with zero attached hydrogens (tertiary/aromatic N) is 1. The molecule has 2 N–H and O–H groups in total. The minimum absolute atomic E-state index is 0.0790. The molecule has 0 heterocycles. The van der Waals surface area contributed by atoms with Gasteiger partial charge < -0.3 is 10.6 Å². The third-order valence-corrected chi connectivity index (χ3v) is 4.17. The minimum atomic E-state index is -0.383. The van der Waals surface area contributed by atoms with E-state index in [2.05, 4.69) is 19.1 Å². The number of amides is 1. The Bertz CT molecular complexity index is 414. The van der Waals surface area contributed by atoms with Crippen LogP contribution in [0, 0.1) is 5.92 Å². The van der Waals surface area contributed by atoms with Crippen LogP contribution in [0.15, 0.2) is 30.3 Å². The predicted molar refractivity (Wildman–Crippen MR) is 77.7 cm³/mol. The molecule has 0 radical (unpaired) electrons. The average molecular weight is 260 g/mol. The van der Waals surface area contributed by atoms with Crippen LogP contribution >= 0.6 is 0 Å². The van der Waals surface area contributed by atoms with Gasteiger partial charge in [-0.3, -0.25) is 4.79 Å². The van der Waals surface area contributed by atoms with Crippen LogP contribution in [0.4, 0.5) is 0 Å². The monoisotopic (exact) mass is 260 g/mol. The molecular weight excluding hydrogens is 236 g/mol. The highest BCUT2D eigenvalue weighted by Gasteiger charge is 2.33. The third-order valence-electron chi connectivity index (χ3n) is 4.17. The van der Waals surface area contributed by atoms with Crippen molar-refractivity contribution < 1.29 is 4.79 Å². The molecule has 1 unspecified atom stereocenters. The summed E-state index contributed by atoms with van der Waals surface area (Å²) >= 11 is 0. The minimum Gasteiger partial charge on any atom is -0.341 e. The fourth-order valence-corrected chi connectivity index (χ4v) is 2.45. The van der Waals surface area contributed by atoms with Crippen molar-refractivity contribution in [2.45, 2.75) is 44.7 Å². The number of nitrogens with two attached hydrogens (primary N) is 1. The molecule has 3 nitrogen and oxygen atoms in total. The van der Waals surface area contributed by atoms with Gasteiger partial charge in [-0.15, -0.1) is 0 Å². The predicted octanol–water partition coefficient (Wildman–Crippen LogP) is 2.20. The molecule has 1 fully saturated rings. The maximum atomic E-state index is 12.2. The van der Waals surface area contributed by atoms with Gasteiger partial charge in [0.15, 0.2) is 0 Å². The summed E-state index contributed by atoms with van der Waals surface area (Å²) < 4.78 is 0.